The second-order valence-corrected chi connectivity index (χ2v) is 11.7. The van der Waals surface area contributed by atoms with Gasteiger partial charge in [0.2, 0.25) is 17.7 Å². The van der Waals surface area contributed by atoms with Crippen LogP contribution in [0.4, 0.5) is 16.2 Å². The Balaban J connectivity index is 0.00000137. The summed E-state index contributed by atoms with van der Waals surface area (Å²) in [6.07, 6.45) is 1.96. The highest BCUT2D eigenvalue weighted by Gasteiger charge is 2.62. The molecule has 4 heterocycles. The second-order valence-electron chi connectivity index (χ2n) is 11.7. The molecule has 1 N–H and O–H groups in total. The number of rotatable bonds is 3. The maximum absolute atomic E-state index is 13.6. The van der Waals surface area contributed by atoms with Crippen LogP contribution in [0.15, 0.2) is 18.2 Å². The predicted molar refractivity (Wildman–Crippen MR) is 139 cm³/mol. The number of hydrogen-bond donors (Lipinski definition) is 1. The Morgan fingerprint density at radius 3 is 2.22 bits per heavy atom. The zero-order valence-electron chi connectivity index (χ0n) is 22.5. The fourth-order valence-corrected chi connectivity index (χ4v) is 6.05. The largest absolute Gasteiger partial charge is 0.444 e. The average Bonchev–Trinajstić information content (AvgIpc) is 3.53. The van der Waals surface area contributed by atoms with Crippen molar-refractivity contribution in [3.05, 3.63) is 23.8 Å². The minimum atomic E-state index is -0.632. The van der Waals surface area contributed by atoms with Gasteiger partial charge in [-0.2, -0.15) is 0 Å². The van der Waals surface area contributed by atoms with Crippen molar-refractivity contribution in [1.29, 1.82) is 0 Å². The lowest BCUT2D eigenvalue weighted by molar-refractivity contribution is -0.135. The highest BCUT2D eigenvalue weighted by molar-refractivity contribution is 6.16. The van der Waals surface area contributed by atoms with E-state index in [1.54, 1.807) is 9.80 Å². The van der Waals surface area contributed by atoms with Crippen LogP contribution in [-0.4, -0.2) is 66.5 Å². The Hall–Kier alpha value is -3.10. The number of imide groups is 1. The number of fused-ring (bicyclic) bond motifs is 2. The van der Waals surface area contributed by atoms with Gasteiger partial charge in [-0.25, -0.2) is 4.79 Å². The summed E-state index contributed by atoms with van der Waals surface area (Å²) in [6, 6.07) is 5.36. The molecular weight excluding hydrogens is 472 g/mol. The van der Waals surface area contributed by atoms with Gasteiger partial charge in [0.15, 0.2) is 0 Å². The number of hydrogen-bond acceptors (Lipinski definition) is 6. The van der Waals surface area contributed by atoms with Gasteiger partial charge in [-0.05, 0) is 52.2 Å². The quantitative estimate of drug-likeness (QED) is 0.627. The van der Waals surface area contributed by atoms with Gasteiger partial charge in [0.25, 0.3) is 0 Å². The van der Waals surface area contributed by atoms with Crippen LogP contribution in [0.25, 0.3) is 0 Å². The molecule has 9 heteroatoms. The van der Waals surface area contributed by atoms with Gasteiger partial charge in [0.1, 0.15) is 11.6 Å². The number of amides is 4. The Bertz CT molecular complexity index is 1130. The first kappa shape index (κ1) is 25.5. The molecule has 1 aliphatic carbocycles. The topological polar surface area (TPSA) is 99.3 Å². The molecule has 0 radical (unpaired) electrons. The molecule has 0 aromatic heterocycles. The smallest absolute Gasteiger partial charge is 0.410 e. The number of anilines is 2. The van der Waals surface area contributed by atoms with Crippen LogP contribution in [0.5, 0.6) is 0 Å². The molecule has 4 aliphatic heterocycles. The number of carbonyl (C=O) groups is 4. The van der Waals surface area contributed by atoms with Gasteiger partial charge >= 0.3 is 6.09 Å². The predicted octanol–water partition coefficient (Wildman–Crippen LogP) is 3.20. The van der Waals surface area contributed by atoms with Crippen LogP contribution in [0.1, 0.15) is 65.9 Å². The molecule has 4 amide bonds. The Morgan fingerprint density at radius 1 is 1.00 bits per heavy atom. The van der Waals surface area contributed by atoms with Crippen molar-refractivity contribution < 1.29 is 23.9 Å². The van der Waals surface area contributed by atoms with Gasteiger partial charge in [-0.3, -0.25) is 24.6 Å². The molecule has 1 saturated carbocycles. The molecule has 1 unspecified atom stereocenters. The Kier molecular flexibility index (Phi) is 6.23. The van der Waals surface area contributed by atoms with Gasteiger partial charge in [0.05, 0.1) is 11.1 Å². The van der Waals surface area contributed by atoms with E-state index in [0.29, 0.717) is 18.3 Å². The number of nitrogens with one attached hydrogen (secondary N) is 1. The zero-order valence-corrected chi connectivity index (χ0v) is 22.5. The summed E-state index contributed by atoms with van der Waals surface area (Å²) in [5.41, 5.74) is 1.95. The minimum absolute atomic E-state index is 0.00137. The minimum Gasteiger partial charge on any atom is -0.444 e. The van der Waals surface area contributed by atoms with Crippen molar-refractivity contribution in [2.75, 3.05) is 36.0 Å². The first-order chi connectivity index (χ1) is 17.6. The van der Waals surface area contributed by atoms with Crippen molar-refractivity contribution in [3.63, 3.8) is 0 Å². The molecule has 5 aliphatic rings. The van der Waals surface area contributed by atoms with E-state index in [1.165, 1.54) is 0 Å². The first-order valence-electron chi connectivity index (χ1n) is 13.6. The maximum Gasteiger partial charge on any atom is 0.410 e. The molecule has 37 heavy (non-hydrogen) atoms. The standard InChI is InChI=1S/C26H32N4O5.C2H6/c1-25(2,3)35-24(34)29-13-16(14-29)15-11-28(12-15)17-5-4-6-18-21(17)26(9-10-26)23(33)30(18)19-7-8-20(31)27-22(19)32;1-2/h4-6,15-16,19H,7-14H2,1-3H3,(H,27,31,32);1-2H3. The van der Waals surface area contributed by atoms with Crippen LogP contribution in [0.3, 0.4) is 0 Å². The number of ether oxygens (including phenoxy) is 1. The Morgan fingerprint density at radius 2 is 1.62 bits per heavy atom. The monoisotopic (exact) mass is 510 g/mol. The summed E-state index contributed by atoms with van der Waals surface area (Å²) < 4.78 is 5.47. The molecule has 0 bridgehead atoms. The highest BCUT2D eigenvalue weighted by Crippen LogP contribution is 2.61. The second kappa shape index (κ2) is 9.03. The Labute approximate surface area is 218 Å². The average molecular weight is 511 g/mol. The molecule has 4 fully saturated rings. The summed E-state index contributed by atoms with van der Waals surface area (Å²) in [6.45, 7) is 12.9. The molecule has 9 nitrogen and oxygen atoms in total. The van der Waals surface area contributed by atoms with E-state index in [4.69, 9.17) is 4.74 Å². The first-order valence-corrected chi connectivity index (χ1v) is 13.6. The number of likely N-dealkylation sites (tertiary alicyclic amines) is 1. The lowest BCUT2D eigenvalue weighted by atomic mass is 9.80. The zero-order chi connectivity index (χ0) is 26.7. The summed E-state index contributed by atoms with van der Waals surface area (Å²) >= 11 is 0. The molecule has 3 saturated heterocycles. The van der Waals surface area contributed by atoms with Crippen LogP contribution >= 0.6 is 0 Å². The van der Waals surface area contributed by atoms with E-state index < -0.39 is 17.1 Å². The summed E-state index contributed by atoms with van der Waals surface area (Å²) in [5, 5.41) is 2.40. The van der Waals surface area contributed by atoms with E-state index in [2.05, 4.69) is 16.3 Å². The van der Waals surface area contributed by atoms with E-state index in [9.17, 15) is 19.2 Å². The van der Waals surface area contributed by atoms with Crippen LogP contribution in [-0.2, 0) is 24.5 Å². The number of carbonyl (C=O) groups excluding carboxylic acids is 4. The number of benzene rings is 1. The van der Waals surface area contributed by atoms with E-state index in [1.807, 2.05) is 46.8 Å². The van der Waals surface area contributed by atoms with Gasteiger partial charge in [0, 0.05) is 55.7 Å². The van der Waals surface area contributed by atoms with Gasteiger partial charge in [-0.1, -0.05) is 19.9 Å². The van der Waals surface area contributed by atoms with Crippen LogP contribution in [0, 0.1) is 11.8 Å². The fraction of sp³-hybridized carbons (Fsp3) is 0.643. The third-order valence-corrected chi connectivity index (χ3v) is 8.14. The number of piperidine rings is 1. The van der Waals surface area contributed by atoms with Gasteiger partial charge < -0.3 is 14.5 Å². The van der Waals surface area contributed by atoms with Crippen molar-refractivity contribution in [2.45, 2.75) is 77.4 Å². The van der Waals surface area contributed by atoms with Crippen molar-refractivity contribution >= 4 is 35.2 Å². The van der Waals surface area contributed by atoms with Gasteiger partial charge in [-0.15, -0.1) is 0 Å². The normalized spacial score (nSPS) is 24.6. The lowest BCUT2D eigenvalue weighted by Crippen LogP contribution is -2.61. The maximum atomic E-state index is 13.6. The number of nitrogens with zero attached hydrogens (tertiary/aromatic N) is 3. The summed E-state index contributed by atoms with van der Waals surface area (Å²) in [7, 11) is 0. The molecule has 200 valence electrons. The summed E-state index contributed by atoms with van der Waals surface area (Å²) in [5.74, 6) is 0.307. The molecule has 1 spiro atoms. The fourth-order valence-electron chi connectivity index (χ4n) is 6.05. The van der Waals surface area contributed by atoms with Crippen molar-refractivity contribution in [3.8, 4) is 0 Å². The lowest BCUT2D eigenvalue weighted by Gasteiger charge is -2.51. The van der Waals surface area contributed by atoms with Crippen molar-refractivity contribution in [2.24, 2.45) is 11.8 Å². The van der Waals surface area contributed by atoms with E-state index in [0.717, 1.165) is 56.0 Å². The molecule has 1 aromatic carbocycles. The van der Waals surface area contributed by atoms with E-state index in [-0.39, 0.29) is 30.2 Å². The highest BCUT2D eigenvalue weighted by atomic mass is 16.6. The molecule has 6 rings (SSSR count). The van der Waals surface area contributed by atoms with Crippen LogP contribution < -0.4 is 15.1 Å². The third-order valence-electron chi connectivity index (χ3n) is 8.14. The summed E-state index contributed by atoms with van der Waals surface area (Å²) in [4.78, 5) is 55.8. The SMILES string of the molecule is CC.CC(C)(C)OC(=O)N1CC(C2CN(c3cccc4c3C3(CC3)C(=O)N4C3CCC(=O)NC3=O)C2)C1. The van der Waals surface area contributed by atoms with Crippen molar-refractivity contribution in [1.82, 2.24) is 10.2 Å². The molecule has 1 aromatic rings. The van der Waals surface area contributed by atoms with E-state index >= 15 is 0 Å². The molecular formula is C28H38N4O5. The molecule has 1 atom stereocenters. The van der Waals surface area contributed by atoms with Crippen LogP contribution in [0.2, 0.25) is 0 Å². The third kappa shape index (κ3) is 4.26.